The van der Waals surface area contributed by atoms with Crippen molar-refractivity contribution in [3.8, 4) is 0 Å². The summed E-state index contributed by atoms with van der Waals surface area (Å²) in [7, 11) is 0. The van der Waals surface area contributed by atoms with Crippen molar-refractivity contribution in [2.45, 2.75) is 19.9 Å². The third-order valence-corrected chi connectivity index (χ3v) is 5.08. The molecule has 2 aromatic carbocycles. The summed E-state index contributed by atoms with van der Waals surface area (Å²) < 4.78 is 5.19. The summed E-state index contributed by atoms with van der Waals surface area (Å²) in [6, 6.07) is 20.0. The minimum Gasteiger partial charge on any atom is -0.465 e. The molecule has 1 heterocycles. The molecular formula is C23H28N2O3. The van der Waals surface area contributed by atoms with Crippen LogP contribution in [-0.2, 0) is 27.3 Å². The lowest BCUT2D eigenvalue weighted by atomic mass is 9.97. The summed E-state index contributed by atoms with van der Waals surface area (Å²) in [5.41, 5.74) is 2.24. The van der Waals surface area contributed by atoms with Crippen molar-refractivity contribution >= 4 is 11.9 Å². The van der Waals surface area contributed by atoms with Gasteiger partial charge in [0.05, 0.1) is 6.61 Å². The number of hydrogen-bond donors (Lipinski definition) is 0. The molecule has 3 rings (SSSR count). The Morgan fingerprint density at radius 3 is 2.04 bits per heavy atom. The van der Waals surface area contributed by atoms with Gasteiger partial charge in [0, 0.05) is 32.7 Å². The van der Waals surface area contributed by atoms with Crippen molar-refractivity contribution in [3.05, 3.63) is 71.8 Å². The first kappa shape index (κ1) is 20.1. The monoisotopic (exact) mass is 380 g/mol. The molecule has 2 aromatic rings. The second-order valence-electron chi connectivity index (χ2n) is 7.08. The fraction of sp³-hybridized carbons (Fsp3) is 0.391. The Labute approximate surface area is 166 Å². The van der Waals surface area contributed by atoms with Crippen LogP contribution in [0, 0.1) is 5.92 Å². The smallest absolute Gasteiger partial charge is 0.318 e. The summed E-state index contributed by atoms with van der Waals surface area (Å²) >= 11 is 0. The highest BCUT2D eigenvalue weighted by Gasteiger charge is 2.33. The highest BCUT2D eigenvalue weighted by atomic mass is 16.5. The van der Waals surface area contributed by atoms with E-state index in [9.17, 15) is 9.59 Å². The molecule has 0 aromatic heterocycles. The zero-order chi connectivity index (χ0) is 19.8. The summed E-state index contributed by atoms with van der Waals surface area (Å²) in [6.07, 6.45) is 0.378. The Hall–Kier alpha value is -2.66. The number of carbonyl (C=O) groups excluding carboxylic acids is 2. The molecule has 148 valence electrons. The molecule has 5 nitrogen and oxygen atoms in total. The lowest BCUT2D eigenvalue weighted by Gasteiger charge is -2.36. The second-order valence-corrected chi connectivity index (χ2v) is 7.08. The number of nitrogens with zero attached hydrogens (tertiary/aromatic N) is 2. The minimum atomic E-state index is -0.775. The van der Waals surface area contributed by atoms with Gasteiger partial charge in [-0.1, -0.05) is 60.7 Å². The van der Waals surface area contributed by atoms with Gasteiger partial charge in [0.1, 0.15) is 5.92 Å². The van der Waals surface area contributed by atoms with E-state index >= 15 is 0 Å². The molecule has 1 aliphatic rings. The molecule has 0 N–H and O–H groups in total. The molecule has 5 heteroatoms. The minimum absolute atomic E-state index is 0.123. The molecule has 1 amide bonds. The lowest BCUT2D eigenvalue weighted by molar-refractivity contribution is -0.156. The summed E-state index contributed by atoms with van der Waals surface area (Å²) in [6.45, 7) is 5.82. The number of carbonyl (C=O) groups is 2. The molecular weight excluding hydrogens is 352 g/mol. The van der Waals surface area contributed by atoms with Gasteiger partial charge in [0.15, 0.2) is 0 Å². The maximum absolute atomic E-state index is 13.1. The number of ether oxygens (including phenoxy) is 1. The maximum Gasteiger partial charge on any atom is 0.318 e. The van der Waals surface area contributed by atoms with Gasteiger partial charge in [-0.05, 0) is 24.5 Å². The van der Waals surface area contributed by atoms with Gasteiger partial charge >= 0.3 is 5.97 Å². The number of esters is 1. The van der Waals surface area contributed by atoms with Crippen molar-refractivity contribution in [1.29, 1.82) is 0 Å². The second kappa shape index (κ2) is 10.0. The van der Waals surface area contributed by atoms with E-state index in [1.807, 2.05) is 53.4 Å². The van der Waals surface area contributed by atoms with E-state index in [1.165, 1.54) is 5.56 Å². The number of benzene rings is 2. The zero-order valence-electron chi connectivity index (χ0n) is 16.4. The predicted octanol–water partition coefficient (Wildman–Crippen LogP) is 2.75. The highest BCUT2D eigenvalue weighted by molar-refractivity contribution is 5.98. The molecule has 0 spiro atoms. The van der Waals surface area contributed by atoms with Crippen LogP contribution in [0.5, 0.6) is 0 Å². The molecule has 1 fully saturated rings. The molecule has 0 aliphatic carbocycles. The Kier molecular flexibility index (Phi) is 7.20. The van der Waals surface area contributed by atoms with Crippen molar-refractivity contribution in [1.82, 2.24) is 9.80 Å². The van der Waals surface area contributed by atoms with E-state index in [0.717, 1.165) is 25.2 Å². The molecule has 0 bridgehead atoms. The van der Waals surface area contributed by atoms with Crippen LogP contribution in [0.3, 0.4) is 0 Å². The van der Waals surface area contributed by atoms with Crippen molar-refractivity contribution in [2.24, 2.45) is 5.92 Å². The van der Waals surface area contributed by atoms with Crippen molar-refractivity contribution in [3.63, 3.8) is 0 Å². The molecule has 1 aliphatic heterocycles. The third-order valence-electron chi connectivity index (χ3n) is 5.08. The Morgan fingerprint density at radius 2 is 1.46 bits per heavy atom. The fourth-order valence-electron chi connectivity index (χ4n) is 3.55. The topological polar surface area (TPSA) is 49.9 Å². The number of amides is 1. The van der Waals surface area contributed by atoms with E-state index in [1.54, 1.807) is 6.92 Å². The van der Waals surface area contributed by atoms with Gasteiger partial charge in [-0.15, -0.1) is 0 Å². The average Bonchev–Trinajstić information content (AvgIpc) is 2.74. The summed E-state index contributed by atoms with van der Waals surface area (Å²) in [4.78, 5) is 29.7. The maximum atomic E-state index is 13.1. The normalized spacial score (nSPS) is 15.8. The third kappa shape index (κ3) is 5.42. The molecule has 0 saturated carbocycles. The first-order valence-electron chi connectivity index (χ1n) is 9.93. The first-order chi connectivity index (χ1) is 13.7. The fourth-order valence-corrected chi connectivity index (χ4v) is 3.55. The Bertz CT molecular complexity index is 756. The van der Waals surface area contributed by atoms with Gasteiger partial charge in [0.25, 0.3) is 0 Å². The Morgan fingerprint density at radius 1 is 0.893 bits per heavy atom. The standard InChI is InChI=1S/C23H28N2O3/c1-2-28-23(27)21(17-19-9-5-3-6-10-19)22(26)25-15-13-24(14-16-25)18-20-11-7-4-8-12-20/h3-12,21H,2,13-18H2,1H3. The lowest BCUT2D eigenvalue weighted by Crippen LogP contribution is -2.51. The van der Waals surface area contributed by atoms with Crippen LogP contribution >= 0.6 is 0 Å². The van der Waals surface area contributed by atoms with Crippen LogP contribution in [0.25, 0.3) is 0 Å². The van der Waals surface area contributed by atoms with Crippen LogP contribution in [-0.4, -0.2) is 54.5 Å². The van der Waals surface area contributed by atoms with E-state index in [2.05, 4.69) is 17.0 Å². The van der Waals surface area contributed by atoms with E-state index in [0.29, 0.717) is 19.5 Å². The van der Waals surface area contributed by atoms with Gasteiger partial charge in [-0.2, -0.15) is 0 Å². The summed E-state index contributed by atoms with van der Waals surface area (Å²) in [5.74, 6) is -1.33. The van der Waals surface area contributed by atoms with Crippen molar-refractivity contribution < 1.29 is 14.3 Å². The van der Waals surface area contributed by atoms with Gasteiger partial charge < -0.3 is 9.64 Å². The number of rotatable bonds is 7. The van der Waals surface area contributed by atoms with Gasteiger partial charge in [-0.3, -0.25) is 14.5 Å². The highest BCUT2D eigenvalue weighted by Crippen LogP contribution is 2.16. The molecule has 1 atom stereocenters. The summed E-state index contributed by atoms with van der Waals surface area (Å²) in [5, 5.41) is 0. The SMILES string of the molecule is CCOC(=O)C(Cc1ccccc1)C(=O)N1CCN(Cc2ccccc2)CC1. The molecule has 0 radical (unpaired) electrons. The number of piperazine rings is 1. The number of hydrogen-bond acceptors (Lipinski definition) is 4. The predicted molar refractivity (Wildman–Crippen MR) is 109 cm³/mol. The van der Waals surface area contributed by atoms with Crippen LogP contribution in [0.2, 0.25) is 0 Å². The zero-order valence-corrected chi connectivity index (χ0v) is 16.4. The van der Waals surface area contributed by atoms with Crippen LogP contribution in [0.1, 0.15) is 18.1 Å². The Balaban J connectivity index is 1.60. The largest absolute Gasteiger partial charge is 0.465 e. The van der Waals surface area contributed by atoms with Crippen molar-refractivity contribution in [2.75, 3.05) is 32.8 Å². The van der Waals surface area contributed by atoms with E-state index in [4.69, 9.17) is 4.74 Å². The quantitative estimate of drug-likeness (QED) is 0.547. The first-order valence-corrected chi connectivity index (χ1v) is 9.93. The van der Waals surface area contributed by atoms with Crippen LogP contribution < -0.4 is 0 Å². The molecule has 1 unspecified atom stereocenters. The van der Waals surface area contributed by atoms with Crippen LogP contribution in [0.4, 0.5) is 0 Å². The van der Waals surface area contributed by atoms with E-state index < -0.39 is 11.9 Å². The van der Waals surface area contributed by atoms with Gasteiger partial charge in [-0.25, -0.2) is 0 Å². The van der Waals surface area contributed by atoms with E-state index in [-0.39, 0.29) is 12.5 Å². The van der Waals surface area contributed by atoms with Gasteiger partial charge in [0.2, 0.25) is 5.91 Å². The average molecular weight is 380 g/mol. The van der Waals surface area contributed by atoms with Crippen LogP contribution in [0.15, 0.2) is 60.7 Å². The molecule has 28 heavy (non-hydrogen) atoms. The molecule has 1 saturated heterocycles.